The van der Waals surface area contributed by atoms with Gasteiger partial charge in [0.2, 0.25) is 0 Å². The van der Waals surface area contributed by atoms with E-state index in [0.29, 0.717) is 0 Å². The molecule has 0 spiro atoms. The Labute approximate surface area is 84.5 Å². The van der Waals surface area contributed by atoms with Crippen molar-refractivity contribution in [3.63, 3.8) is 0 Å². The van der Waals surface area contributed by atoms with Gasteiger partial charge in [-0.15, -0.1) is 0 Å². The zero-order valence-electron chi connectivity index (χ0n) is 7.93. The van der Waals surface area contributed by atoms with Gasteiger partial charge in [0.1, 0.15) is 0 Å². The molecule has 0 aliphatic rings. The SMILES string of the molecule is COC(=O)CC(O)(CC(=O)ON)C(=O)O. The van der Waals surface area contributed by atoms with Crippen LogP contribution in [0, 0.1) is 0 Å². The van der Waals surface area contributed by atoms with Gasteiger partial charge < -0.3 is 19.8 Å². The predicted octanol–water partition coefficient (Wildman–Crippen LogP) is -1.83. The van der Waals surface area contributed by atoms with E-state index in [4.69, 9.17) is 5.11 Å². The lowest BCUT2D eigenvalue weighted by molar-refractivity contribution is -0.172. The van der Waals surface area contributed by atoms with E-state index in [0.717, 1.165) is 7.11 Å². The average molecular weight is 221 g/mol. The molecule has 0 fully saturated rings. The van der Waals surface area contributed by atoms with E-state index < -0.39 is 36.4 Å². The highest BCUT2D eigenvalue weighted by molar-refractivity contribution is 5.88. The van der Waals surface area contributed by atoms with E-state index >= 15 is 0 Å². The minimum Gasteiger partial charge on any atom is -0.479 e. The quantitative estimate of drug-likeness (QED) is 0.364. The number of ether oxygens (including phenoxy) is 1. The second-order valence-corrected chi connectivity index (χ2v) is 2.76. The van der Waals surface area contributed by atoms with E-state index in [9.17, 15) is 19.5 Å². The fourth-order valence-electron chi connectivity index (χ4n) is 0.805. The summed E-state index contributed by atoms with van der Waals surface area (Å²) < 4.78 is 4.17. The van der Waals surface area contributed by atoms with Crippen LogP contribution in [0.4, 0.5) is 0 Å². The topological polar surface area (TPSA) is 136 Å². The molecule has 0 aromatic rings. The normalized spacial score (nSPS) is 13.8. The number of carbonyl (C=O) groups is 3. The zero-order chi connectivity index (χ0) is 12.1. The lowest BCUT2D eigenvalue weighted by Crippen LogP contribution is -2.43. The summed E-state index contributed by atoms with van der Waals surface area (Å²) in [6.45, 7) is 0. The molecule has 0 amide bonds. The molecule has 0 saturated heterocycles. The first-order chi connectivity index (χ1) is 6.85. The van der Waals surface area contributed by atoms with Crippen LogP contribution in [0.2, 0.25) is 0 Å². The van der Waals surface area contributed by atoms with E-state index in [2.05, 4.69) is 15.5 Å². The minimum absolute atomic E-state index is 0.867. The highest BCUT2D eigenvalue weighted by Gasteiger charge is 2.41. The van der Waals surface area contributed by atoms with Crippen LogP contribution in [0.25, 0.3) is 0 Å². The molecule has 8 heteroatoms. The Morgan fingerprint density at radius 1 is 1.27 bits per heavy atom. The van der Waals surface area contributed by atoms with Crippen LogP contribution >= 0.6 is 0 Å². The third-order valence-corrected chi connectivity index (χ3v) is 1.63. The van der Waals surface area contributed by atoms with Gasteiger partial charge in [-0.3, -0.25) is 9.59 Å². The Morgan fingerprint density at radius 2 is 1.73 bits per heavy atom. The molecule has 0 rings (SSSR count). The van der Waals surface area contributed by atoms with Gasteiger partial charge in [-0.05, 0) is 0 Å². The predicted molar refractivity (Wildman–Crippen MR) is 44.1 cm³/mol. The van der Waals surface area contributed by atoms with Gasteiger partial charge in [-0.2, -0.15) is 5.90 Å². The summed E-state index contributed by atoms with van der Waals surface area (Å²) in [4.78, 5) is 35.8. The maximum Gasteiger partial charge on any atom is 0.336 e. The number of carboxylic acid groups (broad SMARTS) is 1. The van der Waals surface area contributed by atoms with Gasteiger partial charge >= 0.3 is 17.9 Å². The van der Waals surface area contributed by atoms with Crippen molar-refractivity contribution >= 4 is 17.9 Å². The maximum atomic E-state index is 10.8. The van der Waals surface area contributed by atoms with E-state index in [1.165, 1.54) is 0 Å². The first-order valence-electron chi connectivity index (χ1n) is 3.78. The molecule has 4 N–H and O–H groups in total. The summed E-state index contributed by atoms with van der Waals surface area (Å²) in [6.07, 6.45) is -1.80. The fourth-order valence-corrected chi connectivity index (χ4v) is 0.805. The Bertz CT molecular complexity index is 257. The lowest BCUT2D eigenvalue weighted by Gasteiger charge is -2.20. The number of aliphatic carboxylic acids is 1. The molecule has 0 radical (unpaired) electrons. The van der Waals surface area contributed by atoms with Crippen LogP contribution < -0.4 is 5.90 Å². The van der Waals surface area contributed by atoms with Crippen molar-refractivity contribution in [3.05, 3.63) is 0 Å². The molecule has 1 unspecified atom stereocenters. The van der Waals surface area contributed by atoms with Crippen LogP contribution in [0.3, 0.4) is 0 Å². The fraction of sp³-hybridized carbons (Fsp3) is 0.571. The van der Waals surface area contributed by atoms with Crippen molar-refractivity contribution in [2.24, 2.45) is 5.90 Å². The smallest absolute Gasteiger partial charge is 0.336 e. The first kappa shape index (κ1) is 13.3. The van der Waals surface area contributed by atoms with Crippen LogP contribution in [-0.2, 0) is 24.0 Å². The van der Waals surface area contributed by atoms with Crippen LogP contribution in [0.5, 0.6) is 0 Å². The molecular formula is C7H11NO7. The van der Waals surface area contributed by atoms with Crippen LogP contribution in [-0.4, -0.2) is 40.8 Å². The monoisotopic (exact) mass is 221 g/mol. The third-order valence-electron chi connectivity index (χ3n) is 1.63. The number of hydrogen-bond donors (Lipinski definition) is 3. The van der Waals surface area contributed by atoms with Gasteiger partial charge in [0.05, 0.1) is 20.0 Å². The summed E-state index contributed by atoms with van der Waals surface area (Å²) in [5.41, 5.74) is -2.57. The number of carbonyl (C=O) groups excluding carboxylic acids is 2. The summed E-state index contributed by atoms with van der Waals surface area (Å²) in [7, 11) is 1.02. The number of esters is 1. The maximum absolute atomic E-state index is 10.8. The summed E-state index contributed by atoms with van der Waals surface area (Å²) in [5, 5.41) is 18.0. The average Bonchev–Trinajstić information content (AvgIpc) is 2.16. The van der Waals surface area contributed by atoms with Crippen molar-refractivity contribution in [2.75, 3.05) is 7.11 Å². The molecule has 8 nitrogen and oxygen atoms in total. The molecule has 0 aliphatic carbocycles. The second kappa shape index (κ2) is 5.27. The molecule has 0 aliphatic heterocycles. The van der Waals surface area contributed by atoms with Crippen LogP contribution in [0.15, 0.2) is 0 Å². The number of aliphatic hydroxyl groups is 1. The number of rotatable bonds is 5. The van der Waals surface area contributed by atoms with Gasteiger partial charge in [0.15, 0.2) is 5.60 Å². The Morgan fingerprint density at radius 3 is 2.07 bits per heavy atom. The molecule has 0 saturated carbocycles. The molecule has 1 atom stereocenters. The Hall–Kier alpha value is -1.67. The van der Waals surface area contributed by atoms with Crippen LogP contribution in [0.1, 0.15) is 12.8 Å². The lowest BCUT2D eigenvalue weighted by atomic mass is 9.96. The summed E-state index contributed by atoms with van der Waals surface area (Å²) in [5.74, 6) is 0.618. The molecule has 0 aromatic carbocycles. The second-order valence-electron chi connectivity index (χ2n) is 2.76. The van der Waals surface area contributed by atoms with E-state index in [-0.39, 0.29) is 0 Å². The number of nitrogens with two attached hydrogens (primary N) is 1. The molecule has 86 valence electrons. The molecule has 0 bridgehead atoms. The zero-order valence-corrected chi connectivity index (χ0v) is 7.93. The van der Waals surface area contributed by atoms with Gasteiger partial charge in [0.25, 0.3) is 0 Å². The van der Waals surface area contributed by atoms with Gasteiger partial charge in [0, 0.05) is 0 Å². The van der Waals surface area contributed by atoms with Crippen molar-refractivity contribution < 1.29 is 34.2 Å². The van der Waals surface area contributed by atoms with E-state index in [1.54, 1.807) is 0 Å². The highest BCUT2D eigenvalue weighted by Crippen LogP contribution is 2.17. The highest BCUT2D eigenvalue weighted by atomic mass is 16.7. The molecule has 15 heavy (non-hydrogen) atoms. The number of methoxy groups -OCH3 is 1. The summed E-state index contributed by atoms with van der Waals surface area (Å²) >= 11 is 0. The molecule has 0 aromatic heterocycles. The Kier molecular flexibility index (Phi) is 4.68. The van der Waals surface area contributed by atoms with Gasteiger partial charge in [-0.1, -0.05) is 0 Å². The largest absolute Gasteiger partial charge is 0.479 e. The third kappa shape index (κ3) is 3.92. The number of carboxylic acids is 1. The number of hydrogen-bond acceptors (Lipinski definition) is 7. The van der Waals surface area contributed by atoms with Crippen molar-refractivity contribution in [2.45, 2.75) is 18.4 Å². The van der Waals surface area contributed by atoms with Crippen molar-refractivity contribution in [1.29, 1.82) is 0 Å². The van der Waals surface area contributed by atoms with Crippen molar-refractivity contribution in [1.82, 2.24) is 0 Å². The standard InChI is InChI=1S/C7H11NO7/c1-14-4(9)2-7(13,6(11)12)3-5(10)15-8/h13H,2-3,8H2,1H3,(H,11,12). The Balaban J connectivity index is 4.67. The van der Waals surface area contributed by atoms with Crippen molar-refractivity contribution in [3.8, 4) is 0 Å². The minimum atomic E-state index is -2.57. The summed E-state index contributed by atoms with van der Waals surface area (Å²) in [6, 6.07) is 0. The molecule has 0 heterocycles. The van der Waals surface area contributed by atoms with Gasteiger partial charge in [-0.25, -0.2) is 4.79 Å². The first-order valence-corrected chi connectivity index (χ1v) is 3.78. The van der Waals surface area contributed by atoms with E-state index in [1.807, 2.05) is 0 Å². The molecular weight excluding hydrogens is 210 g/mol.